The van der Waals surface area contributed by atoms with Crippen LogP contribution >= 0.6 is 0 Å². The van der Waals surface area contributed by atoms with Gasteiger partial charge in [-0.25, -0.2) is 0 Å². The van der Waals surface area contributed by atoms with Crippen LogP contribution in [0.4, 0.5) is 11.4 Å². The average molecular weight is 444 g/mol. The van der Waals surface area contributed by atoms with Crippen LogP contribution in [0, 0.1) is 16.0 Å². The first-order valence-electron chi connectivity index (χ1n) is 10.3. The van der Waals surface area contributed by atoms with Crippen molar-refractivity contribution in [3.05, 3.63) is 94.5 Å². The molecule has 0 unspecified atom stereocenters. The summed E-state index contributed by atoms with van der Waals surface area (Å²) < 4.78 is 5.16. The minimum Gasteiger partial charge on any atom is -0.457 e. The van der Waals surface area contributed by atoms with Crippen molar-refractivity contribution in [2.45, 2.75) is 6.42 Å². The molecule has 0 saturated carbocycles. The second-order valence-corrected chi connectivity index (χ2v) is 7.65. The minimum atomic E-state index is -0.643. The van der Waals surface area contributed by atoms with E-state index >= 15 is 0 Å². The Morgan fingerprint density at radius 3 is 2.15 bits per heavy atom. The van der Waals surface area contributed by atoms with E-state index < -0.39 is 16.8 Å². The number of rotatable bonds is 7. The van der Waals surface area contributed by atoms with Gasteiger partial charge >= 0.3 is 5.97 Å². The highest BCUT2D eigenvalue weighted by molar-refractivity contribution is 6.01. The van der Waals surface area contributed by atoms with Crippen LogP contribution in [0.3, 0.4) is 0 Å². The molecule has 0 radical (unpaired) electrons. The van der Waals surface area contributed by atoms with Gasteiger partial charge in [-0.2, -0.15) is 0 Å². The van der Waals surface area contributed by atoms with Gasteiger partial charge < -0.3 is 9.64 Å². The van der Waals surface area contributed by atoms with Gasteiger partial charge in [0.05, 0.1) is 10.8 Å². The summed E-state index contributed by atoms with van der Waals surface area (Å²) in [5.74, 6) is -1.71. The molecule has 0 aliphatic carbocycles. The zero-order chi connectivity index (χ0) is 23.4. The highest BCUT2D eigenvalue weighted by atomic mass is 16.6. The standard InChI is InChI=1S/C25H20N2O6/c28-23(19-4-2-1-3-5-19)16-33-25(30)20-14-24(29)26(15-20)21-10-6-17(7-11-21)18-8-12-22(13-9-18)27(31)32/h1-13,20H,14-16H2/t20-/m1/s1. The number of hydrogen-bond acceptors (Lipinski definition) is 6. The molecular weight excluding hydrogens is 424 g/mol. The maximum absolute atomic E-state index is 12.5. The molecule has 1 aliphatic rings. The van der Waals surface area contributed by atoms with E-state index in [1.165, 1.54) is 17.0 Å². The molecule has 0 spiro atoms. The number of ketones is 1. The summed E-state index contributed by atoms with van der Waals surface area (Å²) in [4.78, 5) is 48.9. The lowest BCUT2D eigenvalue weighted by Gasteiger charge is -2.17. The molecule has 33 heavy (non-hydrogen) atoms. The fourth-order valence-electron chi connectivity index (χ4n) is 3.69. The molecular formula is C25H20N2O6. The van der Waals surface area contributed by atoms with Crippen LogP contribution in [-0.4, -0.2) is 35.7 Å². The Labute approximate surface area is 189 Å². The van der Waals surface area contributed by atoms with Gasteiger partial charge in [0.1, 0.15) is 0 Å². The molecule has 1 saturated heterocycles. The third kappa shape index (κ3) is 4.95. The van der Waals surface area contributed by atoms with E-state index in [4.69, 9.17) is 4.74 Å². The predicted molar refractivity (Wildman–Crippen MR) is 121 cm³/mol. The largest absolute Gasteiger partial charge is 0.457 e. The number of nitrogens with zero attached hydrogens (tertiary/aromatic N) is 2. The van der Waals surface area contributed by atoms with E-state index in [0.29, 0.717) is 11.3 Å². The summed E-state index contributed by atoms with van der Waals surface area (Å²) in [6.45, 7) is -0.189. The van der Waals surface area contributed by atoms with Gasteiger partial charge in [-0.1, -0.05) is 42.5 Å². The van der Waals surface area contributed by atoms with E-state index in [-0.39, 0.29) is 37.0 Å². The van der Waals surface area contributed by atoms with Gasteiger partial charge in [0.2, 0.25) is 5.91 Å². The fraction of sp³-hybridized carbons (Fsp3) is 0.160. The quantitative estimate of drug-likeness (QED) is 0.236. The third-order valence-corrected chi connectivity index (χ3v) is 5.49. The van der Waals surface area contributed by atoms with Gasteiger partial charge in [-0.15, -0.1) is 0 Å². The molecule has 1 fully saturated rings. The number of non-ortho nitro benzene ring substituents is 1. The molecule has 4 rings (SSSR count). The van der Waals surface area contributed by atoms with Gasteiger partial charge in [0, 0.05) is 36.3 Å². The number of amides is 1. The van der Waals surface area contributed by atoms with E-state index in [1.807, 2.05) is 12.1 Å². The first-order chi connectivity index (χ1) is 15.9. The number of anilines is 1. The molecule has 0 aromatic heterocycles. The molecule has 3 aromatic carbocycles. The number of ether oxygens (including phenoxy) is 1. The topological polar surface area (TPSA) is 107 Å². The molecule has 8 nitrogen and oxygen atoms in total. The van der Waals surface area contributed by atoms with E-state index in [9.17, 15) is 24.5 Å². The molecule has 166 valence electrons. The van der Waals surface area contributed by atoms with Gasteiger partial charge in [-0.05, 0) is 35.4 Å². The maximum atomic E-state index is 12.5. The minimum absolute atomic E-state index is 0.0152. The lowest BCUT2D eigenvalue weighted by Crippen LogP contribution is -2.27. The van der Waals surface area contributed by atoms with Crippen LogP contribution in [0.15, 0.2) is 78.9 Å². The second kappa shape index (κ2) is 9.44. The van der Waals surface area contributed by atoms with Crippen LogP contribution in [0.2, 0.25) is 0 Å². The Hall–Kier alpha value is -4.33. The lowest BCUT2D eigenvalue weighted by molar-refractivity contribution is -0.384. The molecule has 1 atom stereocenters. The lowest BCUT2D eigenvalue weighted by atomic mass is 10.0. The van der Waals surface area contributed by atoms with Crippen LogP contribution in [-0.2, 0) is 14.3 Å². The van der Waals surface area contributed by atoms with Crippen molar-refractivity contribution in [1.29, 1.82) is 0 Å². The number of benzene rings is 3. The Kier molecular flexibility index (Phi) is 6.26. The zero-order valence-corrected chi connectivity index (χ0v) is 17.5. The number of nitro benzene ring substituents is 1. The number of nitro groups is 1. The molecule has 3 aromatic rings. The van der Waals surface area contributed by atoms with Gasteiger partial charge in [0.15, 0.2) is 12.4 Å². The van der Waals surface area contributed by atoms with Crippen molar-refractivity contribution >= 4 is 29.0 Å². The summed E-state index contributed by atoms with van der Waals surface area (Å²) in [5.41, 5.74) is 2.77. The SMILES string of the molecule is O=C(COC(=O)[C@@H]1CC(=O)N(c2ccc(-c3ccc([N+](=O)[O-])cc3)cc2)C1)c1ccccc1. The fourth-order valence-corrected chi connectivity index (χ4v) is 3.69. The summed E-state index contributed by atoms with van der Waals surface area (Å²) in [5, 5.41) is 10.8. The third-order valence-electron chi connectivity index (χ3n) is 5.49. The smallest absolute Gasteiger partial charge is 0.311 e. The zero-order valence-electron chi connectivity index (χ0n) is 17.5. The van der Waals surface area contributed by atoms with E-state index in [2.05, 4.69) is 0 Å². The van der Waals surface area contributed by atoms with Crippen molar-refractivity contribution in [1.82, 2.24) is 0 Å². The molecule has 1 amide bonds. The number of carbonyl (C=O) groups is 3. The number of esters is 1. The van der Waals surface area contributed by atoms with Crippen LogP contribution < -0.4 is 4.90 Å². The molecule has 0 bridgehead atoms. The highest BCUT2D eigenvalue weighted by Gasteiger charge is 2.36. The van der Waals surface area contributed by atoms with Gasteiger partial charge in [0.25, 0.3) is 5.69 Å². The second-order valence-electron chi connectivity index (χ2n) is 7.65. The van der Waals surface area contributed by atoms with Crippen molar-refractivity contribution in [3.8, 4) is 11.1 Å². The van der Waals surface area contributed by atoms with Crippen molar-refractivity contribution < 1.29 is 24.0 Å². The summed E-state index contributed by atoms with van der Waals surface area (Å²) >= 11 is 0. The van der Waals surface area contributed by atoms with Crippen molar-refractivity contribution in [3.63, 3.8) is 0 Å². The molecule has 1 heterocycles. The Morgan fingerprint density at radius 2 is 1.55 bits per heavy atom. The Balaban J connectivity index is 1.37. The maximum Gasteiger partial charge on any atom is 0.311 e. The summed E-state index contributed by atoms with van der Waals surface area (Å²) in [6, 6.07) is 21.9. The average Bonchev–Trinajstić information content (AvgIpc) is 3.24. The van der Waals surface area contributed by atoms with Crippen molar-refractivity contribution in [2.75, 3.05) is 18.1 Å². The molecule has 1 aliphatic heterocycles. The van der Waals surface area contributed by atoms with Gasteiger partial charge in [-0.3, -0.25) is 24.5 Å². The summed E-state index contributed by atoms with van der Waals surface area (Å²) in [7, 11) is 0. The molecule has 0 N–H and O–H groups in total. The van der Waals surface area contributed by atoms with E-state index in [0.717, 1.165) is 11.1 Å². The Bertz CT molecular complexity index is 1190. The number of Topliss-reactive ketones (excluding diaryl/α,β-unsaturated/α-hetero) is 1. The Morgan fingerprint density at radius 1 is 0.939 bits per heavy atom. The monoisotopic (exact) mass is 444 g/mol. The normalized spacial score (nSPS) is 15.3. The summed E-state index contributed by atoms with van der Waals surface area (Å²) in [6.07, 6.45) is 0.0163. The van der Waals surface area contributed by atoms with Crippen LogP contribution in [0.1, 0.15) is 16.8 Å². The number of hydrogen-bond donors (Lipinski definition) is 0. The van der Waals surface area contributed by atoms with Crippen LogP contribution in [0.25, 0.3) is 11.1 Å². The predicted octanol–water partition coefficient (Wildman–Crippen LogP) is 4.04. The highest BCUT2D eigenvalue weighted by Crippen LogP contribution is 2.29. The molecule has 8 heteroatoms. The van der Waals surface area contributed by atoms with Crippen molar-refractivity contribution in [2.24, 2.45) is 5.92 Å². The first-order valence-corrected chi connectivity index (χ1v) is 10.3. The number of carbonyl (C=O) groups excluding carboxylic acids is 3. The van der Waals surface area contributed by atoms with E-state index in [1.54, 1.807) is 54.6 Å². The van der Waals surface area contributed by atoms with Crippen LogP contribution in [0.5, 0.6) is 0 Å². The first kappa shape index (κ1) is 21.9.